The lowest BCUT2D eigenvalue weighted by molar-refractivity contribution is -0.145. The van der Waals surface area contributed by atoms with Gasteiger partial charge in [0.2, 0.25) is 0 Å². The van der Waals surface area contributed by atoms with Gasteiger partial charge in [-0.05, 0) is 6.42 Å². The molecule has 232 valence electrons. The largest absolute Gasteiger partial charge is 0.463 e. The highest BCUT2D eigenvalue weighted by molar-refractivity contribution is 5.69. The van der Waals surface area contributed by atoms with Crippen LogP contribution in [0.2, 0.25) is 0 Å². The summed E-state index contributed by atoms with van der Waals surface area (Å²) in [6.45, 7) is 10.6. The summed E-state index contributed by atoms with van der Waals surface area (Å²) < 4.78 is 47.7. The van der Waals surface area contributed by atoms with Gasteiger partial charge >= 0.3 is 11.9 Å². The standard InChI is InChI=1S/C28H54O11/c1-3-4-5-6-7-8-9-10-28(30)39-26-24-37-22-20-35-18-16-33-14-12-31-11-13-32-15-17-34-19-21-36-23-25-38-27(2)29/h3-26H2,1-2H3. The maximum Gasteiger partial charge on any atom is 0.305 e. The van der Waals surface area contributed by atoms with Gasteiger partial charge in [0.15, 0.2) is 0 Å². The van der Waals surface area contributed by atoms with Gasteiger partial charge in [-0.2, -0.15) is 0 Å². The lowest BCUT2D eigenvalue weighted by Crippen LogP contribution is -2.15. The number of hydrogen-bond acceptors (Lipinski definition) is 11. The maximum absolute atomic E-state index is 11.7. The van der Waals surface area contributed by atoms with Gasteiger partial charge in [0.25, 0.3) is 0 Å². The third-order valence-corrected chi connectivity index (χ3v) is 5.24. The highest BCUT2D eigenvalue weighted by Gasteiger charge is 2.02. The summed E-state index contributed by atoms with van der Waals surface area (Å²) >= 11 is 0. The van der Waals surface area contributed by atoms with Gasteiger partial charge in [-0.1, -0.05) is 45.4 Å². The zero-order valence-corrected chi connectivity index (χ0v) is 24.5. The van der Waals surface area contributed by atoms with Crippen LogP contribution in [-0.4, -0.2) is 118 Å². The summed E-state index contributed by atoms with van der Waals surface area (Å²) in [5, 5.41) is 0. The van der Waals surface area contributed by atoms with Gasteiger partial charge < -0.3 is 42.6 Å². The molecule has 0 aliphatic carbocycles. The van der Waals surface area contributed by atoms with E-state index in [1.54, 1.807) is 0 Å². The summed E-state index contributed by atoms with van der Waals surface area (Å²) in [4.78, 5) is 22.2. The van der Waals surface area contributed by atoms with Gasteiger partial charge in [0.05, 0.1) is 92.5 Å². The van der Waals surface area contributed by atoms with Crippen LogP contribution in [0.25, 0.3) is 0 Å². The molecule has 0 heterocycles. The van der Waals surface area contributed by atoms with Crippen LogP contribution >= 0.6 is 0 Å². The Balaban J connectivity index is 3.11. The quantitative estimate of drug-likeness (QED) is 0.0881. The van der Waals surface area contributed by atoms with Crippen LogP contribution in [0, 0.1) is 0 Å². The van der Waals surface area contributed by atoms with Crippen LogP contribution < -0.4 is 0 Å². The van der Waals surface area contributed by atoms with E-state index < -0.39 is 0 Å². The van der Waals surface area contributed by atoms with E-state index in [9.17, 15) is 9.59 Å². The SMILES string of the molecule is CCCCCCCCCC(=O)OCCOCCOCCOCCOCCOCCOCCOCCOC(C)=O. The lowest BCUT2D eigenvalue weighted by Gasteiger charge is -2.09. The predicted octanol–water partition coefficient (Wildman–Crippen LogP) is 3.35. The molecule has 0 aromatic carbocycles. The Bertz CT molecular complexity index is 520. The average Bonchev–Trinajstić information content (AvgIpc) is 2.92. The van der Waals surface area contributed by atoms with Crippen molar-refractivity contribution in [3.05, 3.63) is 0 Å². The summed E-state index contributed by atoms with van der Waals surface area (Å²) in [5.74, 6) is -0.454. The number of carbonyl (C=O) groups is 2. The Labute approximate surface area is 235 Å². The van der Waals surface area contributed by atoms with Crippen LogP contribution in [0.15, 0.2) is 0 Å². The first-order chi connectivity index (χ1) is 19.2. The minimum atomic E-state index is -0.311. The van der Waals surface area contributed by atoms with Crippen molar-refractivity contribution < 1.29 is 52.2 Å². The Morgan fingerprint density at radius 1 is 0.410 bits per heavy atom. The highest BCUT2D eigenvalue weighted by Crippen LogP contribution is 2.08. The molecule has 0 N–H and O–H groups in total. The van der Waals surface area contributed by atoms with E-state index in [0.29, 0.717) is 98.9 Å². The van der Waals surface area contributed by atoms with E-state index in [1.165, 1.54) is 39.0 Å². The second kappa shape index (κ2) is 32.9. The molecule has 0 aliphatic heterocycles. The van der Waals surface area contributed by atoms with Crippen molar-refractivity contribution in [3.8, 4) is 0 Å². The molecule has 0 rings (SSSR count). The van der Waals surface area contributed by atoms with Crippen LogP contribution in [0.4, 0.5) is 0 Å². The number of carbonyl (C=O) groups excluding carboxylic acids is 2. The molecule has 0 aromatic rings. The fraction of sp³-hybridized carbons (Fsp3) is 0.929. The smallest absolute Gasteiger partial charge is 0.305 e. The molecule has 0 spiro atoms. The summed E-state index contributed by atoms with van der Waals surface area (Å²) in [6.07, 6.45) is 8.79. The fourth-order valence-corrected chi connectivity index (χ4v) is 3.18. The second-order valence-electron chi connectivity index (χ2n) is 8.72. The molecule has 0 atom stereocenters. The third kappa shape index (κ3) is 34.6. The molecule has 0 aromatic heterocycles. The highest BCUT2D eigenvalue weighted by atomic mass is 16.6. The van der Waals surface area contributed by atoms with Crippen LogP contribution in [0.1, 0.15) is 65.2 Å². The van der Waals surface area contributed by atoms with E-state index in [2.05, 4.69) is 6.92 Å². The summed E-state index contributed by atoms with van der Waals surface area (Å²) in [5.41, 5.74) is 0. The van der Waals surface area contributed by atoms with E-state index >= 15 is 0 Å². The van der Waals surface area contributed by atoms with Crippen molar-refractivity contribution >= 4 is 11.9 Å². The van der Waals surface area contributed by atoms with Crippen molar-refractivity contribution in [2.45, 2.75) is 65.2 Å². The van der Waals surface area contributed by atoms with Crippen LogP contribution in [0.3, 0.4) is 0 Å². The summed E-state index contributed by atoms with van der Waals surface area (Å²) in [7, 11) is 0. The summed E-state index contributed by atoms with van der Waals surface area (Å²) in [6, 6.07) is 0. The van der Waals surface area contributed by atoms with Crippen molar-refractivity contribution in [1.82, 2.24) is 0 Å². The molecular formula is C28H54O11. The van der Waals surface area contributed by atoms with Crippen LogP contribution in [-0.2, 0) is 52.2 Å². The minimum absolute atomic E-state index is 0.143. The van der Waals surface area contributed by atoms with E-state index in [4.69, 9.17) is 42.6 Å². The molecule has 0 amide bonds. The first kappa shape index (κ1) is 37.7. The topological polar surface area (TPSA) is 117 Å². The van der Waals surface area contributed by atoms with Gasteiger partial charge in [-0.15, -0.1) is 0 Å². The molecular weight excluding hydrogens is 512 g/mol. The first-order valence-corrected chi connectivity index (χ1v) is 14.5. The van der Waals surface area contributed by atoms with Gasteiger partial charge in [-0.25, -0.2) is 0 Å². The maximum atomic E-state index is 11.7. The lowest BCUT2D eigenvalue weighted by atomic mass is 10.1. The molecule has 11 nitrogen and oxygen atoms in total. The zero-order valence-electron chi connectivity index (χ0n) is 24.5. The monoisotopic (exact) mass is 566 g/mol. The molecule has 0 aliphatic rings. The fourth-order valence-electron chi connectivity index (χ4n) is 3.18. The number of unbranched alkanes of at least 4 members (excludes halogenated alkanes) is 6. The Morgan fingerprint density at radius 2 is 0.718 bits per heavy atom. The van der Waals surface area contributed by atoms with E-state index in [1.807, 2.05) is 0 Å². The van der Waals surface area contributed by atoms with Gasteiger partial charge in [-0.3, -0.25) is 9.59 Å². The van der Waals surface area contributed by atoms with Crippen molar-refractivity contribution in [2.75, 3.05) is 106 Å². The normalized spacial score (nSPS) is 11.1. The predicted molar refractivity (Wildman–Crippen MR) is 146 cm³/mol. The van der Waals surface area contributed by atoms with Crippen molar-refractivity contribution in [3.63, 3.8) is 0 Å². The Morgan fingerprint density at radius 3 is 1.08 bits per heavy atom. The second-order valence-corrected chi connectivity index (χ2v) is 8.72. The molecule has 0 fully saturated rings. The molecule has 0 unspecified atom stereocenters. The van der Waals surface area contributed by atoms with Crippen molar-refractivity contribution in [2.24, 2.45) is 0 Å². The number of esters is 2. The Kier molecular flexibility index (Phi) is 31.7. The number of hydrogen-bond donors (Lipinski definition) is 0. The third-order valence-electron chi connectivity index (χ3n) is 5.24. The van der Waals surface area contributed by atoms with Crippen LogP contribution in [0.5, 0.6) is 0 Å². The van der Waals surface area contributed by atoms with E-state index in [0.717, 1.165) is 12.8 Å². The first-order valence-electron chi connectivity index (χ1n) is 14.5. The van der Waals surface area contributed by atoms with E-state index in [-0.39, 0.29) is 25.2 Å². The molecule has 0 bridgehead atoms. The molecule has 39 heavy (non-hydrogen) atoms. The number of rotatable bonds is 32. The van der Waals surface area contributed by atoms with Crippen molar-refractivity contribution in [1.29, 1.82) is 0 Å². The number of ether oxygens (including phenoxy) is 9. The minimum Gasteiger partial charge on any atom is -0.463 e. The van der Waals surface area contributed by atoms with Gasteiger partial charge in [0, 0.05) is 13.3 Å². The molecule has 0 radical (unpaired) electrons. The Hall–Kier alpha value is -1.34. The zero-order chi connectivity index (χ0) is 28.5. The average molecular weight is 567 g/mol. The molecule has 0 saturated heterocycles. The van der Waals surface area contributed by atoms with Gasteiger partial charge in [0.1, 0.15) is 13.2 Å². The molecule has 0 saturated carbocycles. The molecule has 11 heteroatoms.